The van der Waals surface area contributed by atoms with Crippen molar-refractivity contribution in [3.63, 3.8) is 0 Å². The molecule has 0 bridgehead atoms. The molecule has 0 unspecified atom stereocenters. The van der Waals surface area contributed by atoms with Crippen molar-refractivity contribution in [2.45, 2.75) is 25.7 Å². The first-order valence-electron chi connectivity index (χ1n) is 5.79. The minimum atomic E-state index is 0.116. The Bertz CT molecular complexity index is 363. The fourth-order valence-electron chi connectivity index (χ4n) is 2.08. The van der Waals surface area contributed by atoms with Crippen LogP contribution in [0.4, 0.5) is 0 Å². The molecule has 0 fully saturated rings. The number of rotatable bonds is 3. The van der Waals surface area contributed by atoms with Gasteiger partial charge in [0, 0.05) is 25.0 Å². The van der Waals surface area contributed by atoms with Gasteiger partial charge in [0.05, 0.1) is 4.88 Å². The summed E-state index contributed by atoms with van der Waals surface area (Å²) in [5.41, 5.74) is 6.84. The Kier molecular flexibility index (Phi) is 3.61. The minimum absolute atomic E-state index is 0.116. The summed E-state index contributed by atoms with van der Waals surface area (Å²) in [5.74, 6) is 0.116. The van der Waals surface area contributed by atoms with E-state index in [1.165, 1.54) is 23.3 Å². The number of fused-ring (bicyclic) bond motifs is 1. The van der Waals surface area contributed by atoms with Gasteiger partial charge in [-0.1, -0.05) is 0 Å². The third-order valence-corrected chi connectivity index (χ3v) is 4.24. The van der Waals surface area contributed by atoms with Gasteiger partial charge in [0.1, 0.15) is 0 Å². The van der Waals surface area contributed by atoms with E-state index in [1.807, 2.05) is 7.05 Å². The van der Waals surface area contributed by atoms with Crippen molar-refractivity contribution in [2.75, 3.05) is 20.1 Å². The number of hydrogen-bond donors (Lipinski definition) is 1. The van der Waals surface area contributed by atoms with Gasteiger partial charge in [-0.3, -0.25) is 4.79 Å². The molecule has 0 aromatic carbocycles. The lowest BCUT2D eigenvalue weighted by Gasteiger charge is -2.14. The van der Waals surface area contributed by atoms with E-state index in [4.69, 9.17) is 5.73 Å². The maximum atomic E-state index is 12.0. The smallest absolute Gasteiger partial charge is 0.263 e. The summed E-state index contributed by atoms with van der Waals surface area (Å²) in [7, 11) is 1.81. The number of hydrogen-bond acceptors (Lipinski definition) is 3. The second-order valence-electron chi connectivity index (χ2n) is 4.28. The van der Waals surface area contributed by atoms with Crippen LogP contribution in [0.1, 0.15) is 33.0 Å². The molecule has 0 saturated carbocycles. The van der Waals surface area contributed by atoms with Gasteiger partial charge >= 0.3 is 0 Å². The normalized spacial score (nSPS) is 14.6. The summed E-state index contributed by atoms with van der Waals surface area (Å²) >= 11 is 1.67. The second kappa shape index (κ2) is 4.97. The number of nitrogens with two attached hydrogens (primary N) is 1. The summed E-state index contributed by atoms with van der Waals surface area (Å²) < 4.78 is 0. The quantitative estimate of drug-likeness (QED) is 0.870. The van der Waals surface area contributed by atoms with Gasteiger partial charge in [0.2, 0.25) is 0 Å². The molecular weight excluding hydrogens is 220 g/mol. The largest absolute Gasteiger partial charge is 0.340 e. The van der Waals surface area contributed by atoms with Crippen molar-refractivity contribution < 1.29 is 4.79 Å². The zero-order valence-corrected chi connectivity index (χ0v) is 10.5. The number of carbonyl (C=O) groups excluding carboxylic acids is 1. The summed E-state index contributed by atoms with van der Waals surface area (Å²) in [6.45, 7) is 1.15. The van der Waals surface area contributed by atoms with Crippen molar-refractivity contribution in [3.05, 3.63) is 21.4 Å². The predicted octanol–water partition coefficient (Wildman–Crippen LogP) is 1.66. The van der Waals surface area contributed by atoms with Crippen LogP contribution in [-0.2, 0) is 12.8 Å². The maximum Gasteiger partial charge on any atom is 0.263 e. The van der Waals surface area contributed by atoms with Gasteiger partial charge < -0.3 is 10.6 Å². The lowest BCUT2D eigenvalue weighted by Crippen LogP contribution is -2.31. The highest BCUT2D eigenvalue weighted by atomic mass is 32.1. The van der Waals surface area contributed by atoms with Gasteiger partial charge in [-0.15, -0.1) is 11.3 Å². The number of amides is 1. The lowest BCUT2D eigenvalue weighted by atomic mass is 9.99. The molecule has 1 aliphatic carbocycles. The van der Waals surface area contributed by atoms with Crippen LogP contribution in [0, 0.1) is 0 Å². The second-order valence-corrected chi connectivity index (χ2v) is 5.42. The summed E-state index contributed by atoms with van der Waals surface area (Å²) in [5, 5.41) is 0. The van der Waals surface area contributed by atoms with E-state index in [-0.39, 0.29) is 5.91 Å². The first-order chi connectivity index (χ1) is 7.72. The van der Waals surface area contributed by atoms with E-state index in [0.29, 0.717) is 13.1 Å². The standard InChI is InChI=1S/C12H18N2OS/c1-14(7-6-13)12(15)11-8-9-4-2-3-5-10(9)16-11/h8H,2-7,13H2,1H3. The molecule has 1 aromatic rings. The number of likely N-dealkylation sites (N-methyl/N-ethyl adjacent to an activating group) is 1. The average Bonchev–Trinajstić information content (AvgIpc) is 2.71. The van der Waals surface area contributed by atoms with Crippen molar-refractivity contribution >= 4 is 17.2 Å². The van der Waals surface area contributed by atoms with Gasteiger partial charge in [-0.25, -0.2) is 0 Å². The predicted molar refractivity (Wildman–Crippen MR) is 67.0 cm³/mol. The minimum Gasteiger partial charge on any atom is -0.340 e. The molecule has 1 amide bonds. The molecule has 2 N–H and O–H groups in total. The van der Waals surface area contributed by atoms with E-state index in [1.54, 1.807) is 16.2 Å². The Balaban J connectivity index is 2.14. The average molecular weight is 238 g/mol. The van der Waals surface area contributed by atoms with Gasteiger partial charge in [0.15, 0.2) is 0 Å². The number of carbonyl (C=O) groups is 1. The van der Waals surface area contributed by atoms with Gasteiger partial charge in [-0.2, -0.15) is 0 Å². The van der Waals surface area contributed by atoms with Crippen molar-refractivity contribution in [3.8, 4) is 0 Å². The fraction of sp³-hybridized carbons (Fsp3) is 0.583. The SMILES string of the molecule is CN(CCN)C(=O)c1cc2c(s1)CCCC2. The van der Waals surface area contributed by atoms with Crippen LogP contribution in [0.2, 0.25) is 0 Å². The fourth-order valence-corrected chi connectivity index (χ4v) is 3.33. The highest BCUT2D eigenvalue weighted by molar-refractivity contribution is 7.14. The summed E-state index contributed by atoms with van der Waals surface area (Å²) in [4.78, 5) is 16.0. The van der Waals surface area contributed by atoms with Crippen LogP contribution in [0.15, 0.2) is 6.07 Å². The Hall–Kier alpha value is -0.870. The van der Waals surface area contributed by atoms with Gasteiger partial charge in [-0.05, 0) is 37.3 Å². The Labute approximate surface area is 100 Å². The van der Waals surface area contributed by atoms with E-state index >= 15 is 0 Å². The summed E-state index contributed by atoms with van der Waals surface area (Å²) in [6, 6.07) is 2.08. The highest BCUT2D eigenvalue weighted by Crippen LogP contribution is 2.30. The summed E-state index contributed by atoms with van der Waals surface area (Å²) in [6.07, 6.45) is 4.81. The molecule has 88 valence electrons. The molecule has 16 heavy (non-hydrogen) atoms. The van der Waals surface area contributed by atoms with E-state index in [0.717, 1.165) is 17.7 Å². The highest BCUT2D eigenvalue weighted by Gasteiger charge is 2.19. The van der Waals surface area contributed by atoms with E-state index in [9.17, 15) is 4.79 Å². The van der Waals surface area contributed by atoms with Crippen LogP contribution < -0.4 is 5.73 Å². The molecule has 1 aliphatic rings. The molecule has 0 atom stereocenters. The zero-order chi connectivity index (χ0) is 11.5. The Morgan fingerprint density at radius 3 is 2.94 bits per heavy atom. The molecule has 3 nitrogen and oxygen atoms in total. The zero-order valence-electron chi connectivity index (χ0n) is 9.66. The van der Waals surface area contributed by atoms with Crippen molar-refractivity contribution in [1.82, 2.24) is 4.90 Å². The first-order valence-corrected chi connectivity index (χ1v) is 6.61. The first kappa shape index (κ1) is 11.6. The van der Waals surface area contributed by atoms with Crippen LogP contribution >= 0.6 is 11.3 Å². The third-order valence-electron chi connectivity index (χ3n) is 3.02. The van der Waals surface area contributed by atoms with Crippen LogP contribution in [0.25, 0.3) is 0 Å². The van der Waals surface area contributed by atoms with Crippen molar-refractivity contribution in [2.24, 2.45) is 5.73 Å². The molecule has 0 aliphatic heterocycles. The van der Waals surface area contributed by atoms with E-state index < -0.39 is 0 Å². The lowest BCUT2D eigenvalue weighted by molar-refractivity contribution is 0.0803. The number of aryl methyl sites for hydroxylation is 2. The molecular formula is C12H18N2OS. The molecule has 4 heteroatoms. The van der Waals surface area contributed by atoms with Crippen LogP contribution in [0.5, 0.6) is 0 Å². The monoisotopic (exact) mass is 238 g/mol. The molecule has 2 rings (SSSR count). The molecule has 0 radical (unpaired) electrons. The number of nitrogens with zero attached hydrogens (tertiary/aromatic N) is 1. The topological polar surface area (TPSA) is 46.3 Å². The molecule has 0 saturated heterocycles. The molecule has 0 spiro atoms. The molecule has 1 aromatic heterocycles. The third kappa shape index (κ3) is 2.28. The van der Waals surface area contributed by atoms with Gasteiger partial charge in [0.25, 0.3) is 5.91 Å². The maximum absolute atomic E-state index is 12.0. The Morgan fingerprint density at radius 1 is 1.50 bits per heavy atom. The number of thiophene rings is 1. The molecule has 1 heterocycles. The van der Waals surface area contributed by atoms with Crippen molar-refractivity contribution in [1.29, 1.82) is 0 Å². The van der Waals surface area contributed by atoms with E-state index in [2.05, 4.69) is 6.07 Å². The Morgan fingerprint density at radius 2 is 2.25 bits per heavy atom. The van der Waals surface area contributed by atoms with Crippen LogP contribution in [-0.4, -0.2) is 30.9 Å². The van der Waals surface area contributed by atoms with Crippen LogP contribution in [0.3, 0.4) is 0 Å².